The van der Waals surface area contributed by atoms with E-state index in [4.69, 9.17) is 9.47 Å². The highest BCUT2D eigenvalue weighted by Gasteiger charge is 2.48. The predicted molar refractivity (Wildman–Crippen MR) is 95.4 cm³/mol. The van der Waals surface area contributed by atoms with E-state index in [1.165, 1.54) is 0 Å². The third-order valence-electron chi connectivity index (χ3n) is 5.19. The van der Waals surface area contributed by atoms with Gasteiger partial charge in [0.25, 0.3) is 0 Å². The molecule has 0 aromatic heterocycles. The van der Waals surface area contributed by atoms with Gasteiger partial charge in [-0.1, -0.05) is 6.92 Å². The van der Waals surface area contributed by atoms with Crippen LogP contribution in [0.5, 0.6) is 0 Å². The lowest BCUT2D eigenvalue weighted by atomic mass is 9.75. The molecular weight excluding hydrogens is 338 g/mol. The fourth-order valence-corrected chi connectivity index (χ4v) is 3.29. The molecule has 7 heteroatoms. The predicted octanol–water partition coefficient (Wildman–Crippen LogP) is 2.48. The molecule has 1 saturated heterocycles. The van der Waals surface area contributed by atoms with Crippen LogP contribution in [0, 0.1) is 11.3 Å². The number of hydrogen-bond donors (Lipinski definition) is 1. The fraction of sp³-hybridized carbons (Fsp3) is 0.895. The van der Waals surface area contributed by atoms with E-state index in [1.54, 1.807) is 13.8 Å². The third-order valence-corrected chi connectivity index (χ3v) is 5.19. The quantitative estimate of drug-likeness (QED) is 0.690. The Hall–Kier alpha value is -1.18. The van der Waals surface area contributed by atoms with E-state index in [0.29, 0.717) is 19.3 Å². The van der Waals surface area contributed by atoms with E-state index < -0.39 is 40.5 Å². The highest BCUT2D eigenvalue weighted by atomic mass is 16.6. The maximum Gasteiger partial charge on any atom is 0.311 e. The number of hydroxylamine groups is 2. The number of ether oxygens (including phenoxy) is 2. The van der Waals surface area contributed by atoms with Gasteiger partial charge in [-0.3, -0.25) is 9.59 Å². The minimum absolute atomic E-state index is 0.217. The number of rotatable bonds is 7. The summed E-state index contributed by atoms with van der Waals surface area (Å²) >= 11 is 0. The second-order valence-electron chi connectivity index (χ2n) is 9.14. The van der Waals surface area contributed by atoms with Gasteiger partial charge < -0.3 is 14.6 Å². The largest absolute Gasteiger partial charge is 0.463 e. The standard InChI is InChI=1S/C19H34NO6/c1-8-17(2,3)16(23)26-12-14(21)11-25-15(22)13-9-18(4,5)20(24)19(6,7)10-13/h13-14,21H,8-12H2,1-7H3. The summed E-state index contributed by atoms with van der Waals surface area (Å²) in [6.45, 7) is 12.2. The molecule has 1 rings (SSSR count). The van der Waals surface area contributed by atoms with Crippen LogP contribution in [-0.2, 0) is 24.3 Å². The van der Waals surface area contributed by atoms with E-state index in [-0.39, 0.29) is 13.2 Å². The average molecular weight is 372 g/mol. The monoisotopic (exact) mass is 372 g/mol. The lowest BCUT2D eigenvalue weighted by molar-refractivity contribution is -0.293. The number of nitrogens with zero attached hydrogens (tertiary/aromatic N) is 1. The molecule has 7 nitrogen and oxygen atoms in total. The zero-order chi connectivity index (χ0) is 20.3. The summed E-state index contributed by atoms with van der Waals surface area (Å²) in [7, 11) is 0. The average Bonchev–Trinajstić information content (AvgIpc) is 2.54. The lowest BCUT2D eigenvalue weighted by Crippen LogP contribution is -2.59. The van der Waals surface area contributed by atoms with Crippen molar-refractivity contribution in [3.8, 4) is 0 Å². The maximum absolute atomic E-state index is 12.4. The van der Waals surface area contributed by atoms with Crippen molar-refractivity contribution in [1.82, 2.24) is 5.06 Å². The van der Waals surface area contributed by atoms with Gasteiger partial charge in [0, 0.05) is 11.1 Å². The van der Waals surface area contributed by atoms with Crippen LogP contribution >= 0.6 is 0 Å². The molecule has 1 heterocycles. The zero-order valence-corrected chi connectivity index (χ0v) is 17.1. The number of aliphatic hydroxyl groups excluding tert-OH is 1. The molecule has 0 aromatic carbocycles. The SMILES string of the molecule is CCC(C)(C)C(=O)OCC(O)COC(=O)C1CC(C)(C)N([O])C(C)(C)C1. The fourth-order valence-electron chi connectivity index (χ4n) is 3.29. The molecule has 1 N–H and O–H groups in total. The molecule has 151 valence electrons. The smallest absolute Gasteiger partial charge is 0.311 e. The van der Waals surface area contributed by atoms with Crippen molar-refractivity contribution < 1.29 is 29.4 Å². The minimum Gasteiger partial charge on any atom is -0.463 e. The van der Waals surface area contributed by atoms with Crippen LogP contribution in [-0.4, -0.2) is 52.5 Å². The van der Waals surface area contributed by atoms with E-state index in [0.717, 1.165) is 5.06 Å². The number of aliphatic hydroxyl groups is 1. The summed E-state index contributed by atoms with van der Waals surface area (Å²) in [5.41, 5.74) is -1.93. The number of carbonyl (C=O) groups is 2. The first-order valence-electron chi connectivity index (χ1n) is 9.22. The highest BCUT2D eigenvalue weighted by Crippen LogP contribution is 2.40. The normalized spacial score (nSPS) is 21.9. The third kappa shape index (κ3) is 5.66. The summed E-state index contributed by atoms with van der Waals surface area (Å²) in [6, 6.07) is 0. The lowest BCUT2D eigenvalue weighted by Gasteiger charge is -2.49. The summed E-state index contributed by atoms with van der Waals surface area (Å²) < 4.78 is 10.3. The van der Waals surface area contributed by atoms with E-state index in [2.05, 4.69) is 0 Å². The number of piperidine rings is 1. The Kier molecular flexibility index (Phi) is 7.24. The van der Waals surface area contributed by atoms with E-state index in [9.17, 15) is 19.9 Å². The molecule has 1 atom stereocenters. The second-order valence-corrected chi connectivity index (χ2v) is 9.14. The number of hydrogen-bond acceptors (Lipinski definition) is 6. The zero-order valence-electron chi connectivity index (χ0n) is 17.1. The topological polar surface area (TPSA) is 96.0 Å². The molecule has 0 amide bonds. The van der Waals surface area contributed by atoms with Gasteiger partial charge in [0.15, 0.2) is 0 Å². The number of carbonyl (C=O) groups excluding carboxylic acids is 2. The Balaban J connectivity index is 2.50. The Bertz CT molecular complexity index is 496. The first-order valence-corrected chi connectivity index (χ1v) is 9.22. The molecule has 0 spiro atoms. The van der Waals surface area contributed by atoms with Crippen molar-refractivity contribution in [3.05, 3.63) is 0 Å². The van der Waals surface area contributed by atoms with Crippen LogP contribution in [0.15, 0.2) is 0 Å². The Morgan fingerprint density at radius 1 is 1.12 bits per heavy atom. The van der Waals surface area contributed by atoms with Gasteiger partial charge in [0.1, 0.15) is 19.3 Å². The Morgan fingerprint density at radius 3 is 2.04 bits per heavy atom. The van der Waals surface area contributed by atoms with Crippen molar-refractivity contribution in [2.45, 2.75) is 84.9 Å². The van der Waals surface area contributed by atoms with E-state index in [1.807, 2.05) is 34.6 Å². The van der Waals surface area contributed by atoms with Crippen molar-refractivity contribution in [2.75, 3.05) is 13.2 Å². The van der Waals surface area contributed by atoms with Crippen LogP contribution in [0.25, 0.3) is 0 Å². The van der Waals surface area contributed by atoms with Gasteiger partial charge in [0.05, 0.1) is 11.3 Å². The minimum atomic E-state index is -1.07. The first-order chi connectivity index (χ1) is 11.7. The Morgan fingerprint density at radius 2 is 1.58 bits per heavy atom. The maximum atomic E-state index is 12.4. The molecular formula is C19H34NO6. The summed E-state index contributed by atoms with van der Waals surface area (Å²) in [5.74, 6) is -1.23. The molecule has 1 aliphatic heterocycles. The highest BCUT2D eigenvalue weighted by molar-refractivity contribution is 5.75. The van der Waals surface area contributed by atoms with Gasteiger partial charge in [-0.15, -0.1) is 10.3 Å². The molecule has 0 aliphatic carbocycles. The van der Waals surface area contributed by atoms with Gasteiger partial charge in [-0.25, -0.2) is 0 Å². The molecule has 0 saturated carbocycles. The van der Waals surface area contributed by atoms with Gasteiger partial charge in [-0.05, 0) is 60.8 Å². The number of esters is 2. The summed E-state index contributed by atoms with van der Waals surface area (Å²) in [6.07, 6.45) is 0.348. The summed E-state index contributed by atoms with van der Waals surface area (Å²) in [4.78, 5) is 24.3. The van der Waals surface area contributed by atoms with Crippen LogP contribution in [0.3, 0.4) is 0 Å². The molecule has 1 aliphatic rings. The van der Waals surface area contributed by atoms with Crippen molar-refractivity contribution in [3.63, 3.8) is 0 Å². The second kappa shape index (κ2) is 8.23. The molecule has 1 unspecified atom stereocenters. The first kappa shape index (κ1) is 22.9. The molecule has 0 aromatic rings. The van der Waals surface area contributed by atoms with Crippen molar-refractivity contribution >= 4 is 11.9 Å². The van der Waals surface area contributed by atoms with Crippen molar-refractivity contribution in [1.29, 1.82) is 0 Å². The van der Waals surface area contributed by atoms with Crippen LogP contribution in [0.2, 0.25) is 0 Å². The van der Waals surface area contributed by atoms with Gasteiger partial charge >= 0.3 is 11.9 Å². The van der Waals surface area contributed by atoms with Crippen molar-refractivity contribution in [2.24, 2.45) is 11.3 Å². The van der Waals surface area contributed by atoms with Crippen LogP contribution in [0.1, 0.15) is 67.7 Å². The van der Waals surface area contributed by atoms with Gasteiger partial charge in [-0.2, -0.15) is 0 Å². The van der Waals surface area contributed by atoms with E-state index >= 15 is 0 Å². The molecule has 1 fully saturated rings. The molecule has 26 heavy (non-hydrogen) atoms. The van der Waals surface area contributed by atoms with Crippen LogP contribution in [0.4, 0.5) is 0 Å². The van der Waals surface area contributed by atoms with Gasteiger partial charge in [0.2, 0.25) is 0 Å². The van der Waals surface area contributed by atoms with Crippen LogP contribution < -0.4 is 0 Å². The molecule has 0 bridgehead atoms. The molecule has 1 radical (unpaired) electrons. The Labute approximate surface area is 156 Å². The summed E-state index contributed by atoms with van der Waals surface area (Å²) in [5, 5.41) is 23.3.